The molecule has 2 rings (SSSR count). The number of aryl methyl sites for hydroxylation is 3. The van der Waals surface area contributed by atoms with E-state index in [2.05, 4.69) is 12.2 Å². The van der Waals surface area contributed by atoms with Crippen LogP contribution in [0.15, 0.2) is 42.5 Å². The molecule has 0 unspecified atom stereocenters. The first-order valence-electron chi connectivity index (χ1n) is 8.17. The molecule has 0 saturated heterocycles. The number of benzene rings is 2. The van der Waals surface area contributed by atoms with Crippen molar-refractivity contribution in [2.24, 2.45) is 0 Å². The fraction of sp³-hybridized carbons (Fsp3) is 0.350. The standard InChI is InChI=1S/C20H25NO2/c1-5-16-9-11-17(12-10-16)23-19(6-2)20(22)21-18-13-14(3)7-8-15(18)4/h7-13,19H,5-6H2,1-4H3,(H,21,22)/t19-/m0/s1. The highest BCUT2D eigenvalue weighted by atomic mass is 16.5. The monoisotopic (exact) mass is 311 g/mol. The molecule has 122 valence electrons. The molecule has 1 N–H and O–H groups in total. The molecule has 3 heteroatoms. The third kappa shape index (κ3) is 4.59. The van der Waals surface area contributed by atoms with Gasteiger partial charge in [0.1, 0.15) is 5.75 Å². The van der Waals surface area contributed by atoms with Crippen LogP contribution in [-0.4, -0.2) is 12.0 Å². The molecular formula is C20H25NO2. The van der Waals surface area contributed by atoms with Gasteiger partial charge in [0.15, 0.2) is 6.10 Å². The number of carbonyl (C=O) groups excluding carboxylic acids is 1. The zero-order valence-electron chi connectivity index (χ0n) is 14.3. The van der Waals surface area contributed by atoms with E-state index in [1.165, 1.54) is 5.56 Å². The predicted octanol–water partition coefficient (Wildman–Crippen LogP) is 4.66. The molecule has 1 amide bonds. The summed E-state index contributed by atoms with van der Waals surface area (Å²) in [5.74, 6) is 0.617. The van der Waals surface area contributed by atoms with Gasteiger partial charge in [0.05, 0.1) is 0 Å². The lowest BCUT2D eigenvalue weighted by atomic mass is 10.1. The van der Waals surface area contributed by atoms with E-state index < -0.39 is 6.10 Å². The number of hydrogen-bond donors (Lipinski definition) is 1. The summed E-state index contributed by atoms with van der Waals surface area (Å²) in [6.45, 7) is 8.06. The summed E-state index contributed by atoms with van der Waals surface area (Å²) in [5.41, 5.74) is 4.27. The van der Waals surface area contributed by atoms with Crippen LogP contribution in [0.1, 0.15) is 37.0 Å². The molecule has 0 bridgehead atoms. The Kier molecular flexibility index (Phi) is 5.80. The molecule has 3 nitrogen and oxygen atoms in total. The van der Waals surface area contributed by atoms with Gasteiger partial charge in [-0.1, -0.05) is 38.1 Å². The van der Waals surface area contributed by atoms with Gasteiger partial charge in [-0.05, 0) is 61.6 Å². The third-order valence-electron chi connectivity index (χ3n) is 3.92. The second kappa shape index (κ2) is 7.82. The topological polar surface area (TPSA) is 38.3 Å². The van der Waals surface area contributed by atoms with Crippen molar-refractivity contribution in [3.8, 4) is 5.75 Å². The number of hydrogen-bond acceptors (Lipinski definition) is 2. The summed E-state index contributed by atoms with van der Waals surface area (Å²) in [6.07, 6.45) is 1.11. The Hall–Kier alpha value is -2.29. The molecule has 1 atom stereocenters. The minimum atomic E-state index is -0.498. The first-order chi connectivity index (χ1) is 11.0. The summed E-state index contributed by atoms with van der Waals surface area (Å²) in [4.78, 5) is 12.5. The minimum Gasteiger partial charge on any atom is -0.481 e. The summed E-state index contributed by atoms with van der Waals surface area (Å²) in [5, 5.41) is 2.98. The molecule has 0 aliphatic carbocycles. The molecular weight excluding hydrogens is 286 g/mol. The number of rotatable bonds is 6. The number of carbonyl (C=O) groups is 1. The fourth-order valence-corrected chi connectivity index (χ4v) is 2.37. The quantitative estimate of drug-likeness (QED) is 0.842. The van der Waals surface area contributed by atoms with E-state index in [0.29, 0.717) is 6.42 Å². The van der Waals surface area contributed by atoms with Crippen molar-refractivity contribution in [3.05, 3.63) is 59.2 Å². The molecule has 0 radical (unpaired) electrons. The second-order valence-electron chi connectivity index (χ2n) is 5.82. The molecule has 0 aromatic heterocycles. The van der Waals surface area contributed by atoms with Crippen molar-refractivity contribution < 1.29 is 9.53 Å². The van der Waals surface area contributed by atoms with Crippen LogP contribution >= 0.6 is 0 Å². The van der Waals surface area contributed by atoms with E-state index >= 15 is 0 Å². The van der Waals surface area contributed by atoms with Crippen molar-refractivity contribution in [2.45, 2.75) is 46.6 Å². The Labute approximate surface area is 138 Å². The van der Waals surface area contributed by atoms with Gasteiger partial charge in [-0.15, -0.1) is 0 Å². The smallest absolute Gasteiger partial charge is 0.265 e. The molecule has 0 heterocycles. The van der Waals surface area contributed by atoms with Crippen LogP contribution in [0.2, 0.25) is 0 Å². The first kappa shape index (κ1) is 17.1. The van der Waals surface area contributed by atoms with Gasteiger partial charge in [-0.25, -0.2) is 0 Å². The molecule has 0 aliphatic rings. The molecule has 2 aromatic rings. The lowest BCUT2D eigenvalue weighted by Crippen LogP contribution is -2.32. The summed E-state index contributed by atoms with van der Waals surface area (Å²) < 4.78 is 5.86. The Bertz CT molecular complexity index is 662. The molecule has 23 heavy (non-hydrogen) atoms. The Morgan fingerprint density at radius 3 is 2.39 bits per heavy atom. The molecule has 0 aliphatic heterocycles. The number of anilines is 1. The highest BCUT2D eigenvalue weighted by Gasteiger charge is 2.19. The molecule has 0 saturated carbocycles. The van der Waals surface area contributed by atoms with E-state index in [1.54, 1.807) is 0 Å². The molecule has 0 fully saturated rings. The fourth-order valence-electron chi connectivity index (χ4n) is 2.37. The molecule has 0 spiro atoms. The van der Waals surface area contributed by atoms with Gasteiger partial charge in [0, 0.05) is 5.69 Å². The van der Waals surface area contributed by atoms with Gasteiger partial charge in [0.2, 0.25) is 0 Å². The largest absolute Gasteiger partial charge is 0.481 e. The number of amides is 1. The van der Waals surface area contributed by atoms with Crippen LogP contribution < -0.4 is 10.1 Å². The van der Waals surface area contributed by atoms with Crippen LogP contribution in [0.4, 0.5) is 5.69 Å². The van der Waals surface area contributed by atoms with Gasteiger partial charge >= 0.3 is 0 Å². The van der Waals surface area contributed by atoms with Crippen molar-refractivity contribution >= 4 is 11.6 Å². The second-order valence-corrected chi connectivity index (χ2v) is 5.82. The van der Waals surface area contributed by atoms with Gasteiger partial charge in [-0.3, -0.25) is 4.79 Å². The van der Waals surface area contributed by atoms with Crippen LogP contribution in [0.25, 0.3) is 0 Å². The zero-order chi connectivity index (χ0) is 16.8. The Balaban J connectivity index is 2.07. The van der Waals surface area contributed by atoms with Crippen LogP contribution in [0.5, 0.6) is 5.75 Å². The average Bonchev–Trinajstić information content (AvgIpc) is 2.56. The van der Waals surface area contributed by atoms with Crippen molar-refractivity contribution in [1.82, 2.24) is 0 Å². The summed E-state index contributed by atoms with van der Waals surface area (Å²) in [6, 6.07) is 13.9. The highest BCUT2D eigenvalue weighted by molar-refractivity contribution is 5.95. The number of ether oxygens (including phenoxy) is 1. The maximum atomic E-state index is 12.5. The van der Waals surface area contributed by atoms with Gasteiger partial charge < -0.3 is 10.1 Å². The van der Waals surface area contributed by atoms with E-state index in [4.69, 9.17) is 4.74 Å². The SMILES string of the molecule is CCc1ccc(O[C@@H](CC)C(=O)Nc2cc(C)ccc2C)cc1. The van der Waals surface area contributed by atoms with E-state index in [9.17, 15) is 4.79 Å². The van der Waals surface area contributed by atoms with Crippen molar-refractivity contribution in [2.75, 3.05) is 5.32 Å². The summed E-state index contributed by atoms with van der Waals surface area (Å²) in [7, 11) is 0. The molecule has 2 aromatic carbocycles. The van der Waals surface area contributed by atoms with Crippen LogP contribution in [-0.2, 0) is 11.2 Å². The van der Waals surface area contributed by atoms with E-state index in [-0.39, 0.29) is 5.91 Å². The Morgan fingerprint density at radius 2 is 1.78 bits per heavy atom. The summed E-state index contributed by atoms with van der Waals surface area (Å²) >= 11 is 0. The first-order valence-corrected chi connectivity index (χ1v) is 8.17. The predicted molar refractivity (Wildman–Crippen MR) is 95.1 cm³/mol. The lowest BCUT2D eigenvalue weighted by molar-refractivity contribution is -0.122. The zero-order valence-corrected chi connectivity index (χ0v) is 14.3. The van der Waals surface area contributed by atoms with Crippen molar-refractivity contribution in [3.63, 3.8) is 0 Å². The maximum absolute atomic E-state index is 12.5. The number of nitrogens with one attached hydrogen (secondary N) is 1. The maximum Gasteiger partial charge on any atom is 0.265 e. The lowest BCUT2D eigenvalue weighted by Gasteiger charge is -2.18. The highest BCUT2D eigenvalue weighted by Crippen LogP contribution is 2.19. The Morgan fingerprint density at radius 1 is 1.09 bits per heavy atom. The van der Waals surface area contributed by atoms with Gasteiger partial charge in [-0.2, -0.15) is 0 Å². The van der Waals surface area contributed by atoms with E-state index in [1.807, 2.05) is 63.2 Å². The minimum absolute atomic E-state index is 0.110. The van der Waals surface area contributed by atoms with Crippen LogP contribution in [0.3, 0.4) is 0 Å². The third-order valence-corrected chi connectivity index (χ3v) is 3.92. The van der Waals surface area contributed by atoms with Crippen LogP contribution in [0, 0.1) is 13.8 Å². The van der Waals surface area contributed by atoms with E-state index in [0.717, 1.165) is 29.0 Å². The normalized spacial score (nSPS) is 11.8. The van der Waals surface area contributed by atoms with Gasteiger partial charge in [0.25, 0.3) is 5.91 Å². The average molecular weight is 311 g/mol. The van der Waals surface area contributed by atoms with Crippen molar-refractivity contribution in [1.29, 1.82) is 0 Å².